The zero-order valence-corrected chi connectivity index (χ0v) is 11.8. The van der Waals surface area contributed by atoms with Gasteiger partial charge in [0, 0.05) is 20.1 Å². The highest BCUT2D eigenvalue weighted by Crippen LogP contribution is 2.59. The summed E-state index contributed by atoms with van der Waals surface area (Å²) in [5.41, 5.74) is 1.40. The summed E-state index contributed by atoms with van der Waals surface area (Å²) in [5.74, 6) is -0.888. The Morgan fingerprint density at radius 3 is 2.50 bits per heavy atom. The van der Waals surface area contributed by atoms with Gasteiger partial charge in [0.2, 0.25) is 0 Å². The second kappa shape index (κ2) is 4.33. The van der Waals surface area contributed by atoms with E-state index in [1.54, 1.807) is 17.8 Å². The quantitative estimate of drug-likeness (QED) is 0.877. The number of carbonyl (C=O) groups is 2. The molecule has 1 aromatic rings. The van der Waals surface area contributed by atoms with E-state index in [4.69, 9.17) is 5.11 Å². The van der Waals surface area contributed by atoms with Crippen molar-refractivity contribution in [3.05, 3.63) is 17.5 Å². The van der Waals surface area contributed by atoms with Gasteiger partial charge in [0.1, 0.15) is 5.69 Å². The second-order valence-corrected chi connectivity index (χ2v) is 6.04. The van der Waals surface area contributed by atoms with Gasteiger partial charge in [0.15, 0.2) is 0 Å². The summed E-state index contributed by atoms with van der Waals surface area (Å²) in [4.78, 5) is 25.3. The number of rotatable bonds is 2. The van der Waals surface area contributed by atoms with Crippen LogP contribution in [0.1, 0.15) is 35.4 Å². The molecule has 1 saturated heterocycles. The first-order valence-corrected chi connectivity index (χ1v) is 6.96. The van der Waals surface area contributed by atoms with Crippen LogP contribution in [-0.4, -0.2) is 44.8 Å². The number of piperidine rings is 1. The smallest absolute Gasteiger partial charge is 0.307 e. The van der Waals surface area contributed by atoms with Crippen molar-refractivity contribution in [1.29, 1.82) is 0 Å². The molecule has 2 fully saturated rings. The number of aliphatic carboxylic acids is 1. The number of amides is 1. The summed E-state index contributed by atoms with van der Waals surface area (Å²) < 4.78 is 1.61. The Labute approximate surface area is 117 Å². The predicted molar refractivity (Wildman–Crippen MR) is 71.3 cm³/mol. The fourth-order valence-corrected chi connectivity index (χ4v) is 3.38. The van der Waals surface area contributed by atoms with Crippen LogP contribution in [0.2, 0.25) is 0 Å². The van der Waals surface area contributed by atoms with Crippen LogP contribution in [0.15, 0.2) is 6.07 Å². The number of aromatic nitrogens is 2. The Morgan fingerprint density at radius 1 is 1.40 bits per heavy atom. The molecular weight excluding hydrogens is 258 g/mol. The van der Waals surface area contributed by atoms with Gasteiger partial charge in [-0.25, -0.2) is 0 Å². The van der Waals surface area contributed by atoms with Crippen molar-refractivity contribution in [2.75, 3.05) is 13.1 Å². The first-order valence-electron chi connectivity index (χ1n) is 6.96. The number of carboxylic acids is 1. The van der Waals surface area contributed by atoms with Gasteiger partial charge >= 0.3 is 5.97 Å². The Kier molecular flexibility index (Phi) is 2.84. The van der Waals surface area contributed by atoms with E-state index in [1.807, 2.05) is 11.8 Å². The molecule has 1 aromatic heterocycles. The monoisotopic (exact) mass is 277 g/mol. The van der Waals surface area contributed by atoms with Crippen LogP contribution < -0.4 is 0 Å². The van der Waals surface area contributed by atoms with E-state index in [2.05, 4.69) is 5.10 Å². The number of nitrogens with zero attached hydrogens (tertiary/aromatic N) is 3. The number of carboxylic acid groups (broad SMARTS) is 1. The average Bonchev–Trinajstić information content (AvgIpc) is 2.99. The van der Waals surface area contributed by atoms with E-state index in [1.165, 1.54) is 0 Å². The lowest BCUT2D eigenvalue weighted by molar-refractivity contribution is -0.139. The van der Waals surface area contributed by atoms with E-state index in [0.717, 1.165) is 25.0 Å². The minimum atomic E-state index is -0.688. The molecule has 2 aliphatic rings. The molecular formula is C14H19N3O3. The van der Waals surface area contributed by atoms with Gasteiger partial charge in [-0.3, -0.25) is 14.3 Å². The average molecular weight is 277 g/mol. The van der Waals surface area contributed by atoms with Crippen LogP contribution in [0.25, 0.3) is 0 Å². The molecule has 6 nitrogen and oxygen atoms in total. The highest BCUT2D eigenvalue weighted by molar-refractivity contribution is 5.92. The zero-order valence-electron chi connectivity index (χ0n) is 11.8. The van der Waals surface area contributed by atoms with E-state index in [9.17, 15) is 9.59 Å². The highest BCUT2D eigenvalue weighted by atomic mass is 16.4. The predicted octanol–water partition coefficient (Wildman–Crippen LogP) is 1.06. The van der Waals surface area contributed by atoms with Crippen molar-refractivity contribution >= 4 is 11.9 Å². The van der Waals surface area contributed by atoms with Crippen LogP contribution in [-0.2, 0) is 11.8 Å². The van der Waals surface area contributed by atoms with E-state index in [-0.39, 0.29) is 17.2 Å². The third-order valence-electron chi connectivity index (χ3n) is 4.76. The van der Waals surface area contributed by atoms with Gasteiger partial charge < -0.3 is 10.0 Å². The molecule has 108 valence electrons. The van der Waals surface area contributed by atoms with Gasteiger partial charge in [-0.15, -0.1) is 0 Å². The standard InChI is InChI=1S/C14H19N3O3/c1-9-7-11(16(2)15-9)12(18)17-5-3-14(4-6-17)8-10(14)13(19)20/h7,10H,3-6,8H2,1-2H3,(H,19,20). The second-order valence-electron chi connectivity index (χ2n) is 6.04. The minimum absolute atomic E-state index is 0.00419. The summed E-state index contributed by atoms with van der Waals surface area (Å²) >= 11 is 0. The third-order valence-corrected chi connectivity index (χ3v) is 4.76. The highest BCUT2D eigenvalue weighted by Gasteiger charge is 2.59. The lowest BCUT2D eigenvalue weighted by Crippen LogP contribution is -2.40. The van der Waals surface area contributed by atoms with Crippen molar-refractivity contribution in [3.8, 4) is 0 Å². The van der Waals surface area contributed by atoms with Crippen LogP contribution in [0.5, 0.6) is 0 Å². The molecule has 0 aromatic carbocycles. The molecule has 1 spiro atoms. The first-order chi connectivity index (χ1) is 9.43. The topological polar surface area (TPSA) is 75.4 Å². The molecule has 1 atom stereocenters. The van der Waals surface area contributed by atoms with Gasteiger partial charge in [0.05, 0.1) is 11.6 Å². The van der Waals surface area contributed by atoms with Gasteiger partial charge in [-0.05, 0) is 37.7 Å². The third kappa shape index (κ3) is 1.99. The molecule has 1 aliphatic heterocycles. The van der Waals surface area contributed by atoms with Crippen molar-refractivity contribution < 1.29 is 14.7 Å². The van der Waals surface area contributed by atoms with Crippen LogP contribution in [0.3, 0.4) is 0 Å². The maximum Gasteiger partial charge on any atom is 0.307 e. The lowest BCUT2D eigenvalue weighted by Gasteiger charge is -2.32. The number of likely N-dealkylation sites (tertiary alicyclic amines) is 1. The van der Waals surface area contributed by atoms with E-state index < -0.39 is 5.97 Å². The van der Waals surface area contributed by atoms with E-state index >= 15 is 0 Å². The fourth-order valence-electron chi connectivity index (χ4n) is 3.38. The van der Waals surface area contributed by atoms with Crippen molar-refractivity contribution in [2.45, 2.75) is 26.2 Å². The van der Waals surface area contributed by atoms with Crippen molar-refractivity contribution in [1.82, 2.24) is 14.7 Å². The maximum absolute atomic E-state index is 12.4. The summed E-state index contributed by atoms with van der Waals surface area (Å²) in [7, 11) is 1.77. The summed E-state index contributed by atoms with van der Waals surface area (Å²) in [6.07, 6.45) is 2.37. The maximum atomic E-state index is 12.4. The largest absolute Gasteiger partial charge is 0.481 e. The first kappa shape index (κ1) is 13.1. The molecule has 1 amide bonds. The van der Waals surface area contributed by atoms with E-state index in [0.29, 0.717) is 18.8 Å². The van der Waals surface area contributed by atoms with Crippen molar-refractivity contribution in [3.63, 3.8) is 0 Å². The van der Waals surface area contributed by atoms with Crippen LogP contribution in [0, 0.1) is 18.3 Å². The Morgan fingerprint density at radius 2 is 2.05 bits per heavy atom. The summed E-state index contributed by atoms with van der Waals surface area (Å²) in [5, 5.41) is 13.3. The van der Waals surface area contributed by atoms with Gasteiger partial charge in [0.25, 0.3) is 5.91 Å². The molecule has 0 bridgehead atoms. The normalized spacial score (nSPS) is 23.9. The van der Waals surface area contributed by atoms with Crippen LogP contribution >= 0.6 is 0 Å². The Balaban J connectivity index is 1.66. The number of hydrogen-bond donors (Lipinski definition) is 1. The van der Waals surface area contributed by atoms with Gasteiger partial charge in [-0.2, -0.15) is 5.10 Å². The minimum Gasteiger partial charge on any atom is -0.481 e. The molecule has 1 N–H and O–H groups in total. The van der Waals surface area contributed by atoms with Crippen molar-refractivity contribution in [2.24, 2.45) is 18.4 Å². The Bertz CT molecular complexity index is 570. The molecule has 3 rings (SSSR count). The summed E-state index contributed by atoms with van der Waals surface area (Å²) in [6, 6.07) is 1.80. The fraction of sp³-hybridized carbons (Fsp3) is 0.643. The molecule has 0 radical (unpaired) electrons. The molecule has 2 heterocycles. The van der Waals surface area contributed by atoms with Crippen LogP contribution in [0.4, 0.5) is 0 Å². The SMILES string of the molecule is Cc1cc(C(=O)N2CCC3(CC2)CC3C(=O)O)n(C)n1. The zero-order chi connectivity index (χ0) is 14.5. The lowest BCUT2D eigenvalue weighted by atomic mass is 9.90. The summed E-state index contributed by atoms with van der Waals surface area (Å²) in [6.45, 7) is 3.16. The molecule has 6 heteroatoms. The van der Waals surface area contributed by atoms with Gasteiger partial charge in [-0.1, -0.05) is 0 Å². The number of aryl methyl sites for hydroxylation is 2. The Hall–Kier alpha value is -1.85. The molecule has 1 unspecified atom stereocenters. The number of carbonyl (C=O) groups excluding carboxylic acids is 1. The molecule has 1 aliphatic carbocycles. The number of hydrogen-bond acceptors (Lipinski definition) is 3. The molecule has 20 heavy (non-hydrogen) atoms. The molecule has 1 saturated carbocycles.